The van der Waals surface area contributed by atoms with Crippen LogP contribution in [0.1, 0.15) is 51.0 Å². The van der Waals surface area contributed by atoms with Crippen molar-refractivity contribution < 1.29 is 4.74 Å². The van der Waals surface area contributed by atoms with Crippen LogP contribution in [-0.4, -0.2) is 12.6 Å². The SMILES string of the molecule is CCOc1ccc(Br)cc1CNC1CCCCCC1.Cl. The Balaban J connectivity index is 0.00000200. The average Bonchev–Trinajstić information content (AvgIpc) is 2.68. The van der Waals surface area contributed by atoms with Gasteiger partial charge in [-0.3, -0.25) is 0 Å². The van der Waals surface area contributed by atoms with E-state index in [2.05, 4.69) is 33.4 Å². The van der Waals surface area contributed by atoms with Crippen molar-refractivity contribution in [1.82, 2.24) is 5.32 Å². The molecule has 20 heavy (non-hydrogen) atoms. The van der Waals surface area contributed by atoms with Gasteiger partial charge in [-0.1, -0.05) is 41.6 Å². The highest BCUT2D eigenvalue weighted by Crippen LogP contribution is 2.24. The summed E-state index contributed by atoms with van der Waals surface area (Å²) in [4.78, 5) is 0. The van der Waals surface area contributed by atoms with Crippen LogP contribution in [0.25, 0.3) is 0 Å². The molecule has 1 fully saturated rings. The van der Waals surface area contributed by atoms with Crippen LogP contribution >= 0.6 is 28.3 Å². The molecule has 0 saturated heterocycles. The maximum absolute atomic E-state index is 5.70. The fourth-order valence-electron chi connectivity index (χ4n) is 2.72. The van der Waals surface area contributed by atoms with Gasteiger partial charge in [0, 0.05) is 22.6 Å². The Kier molecular flexibility index (Phi) is 8.58. The minimum absolute atomic E-state index is 0. The smallest absolute Gasteiger partial charge is 0.123 e. The second kappa shape index (κ2) is 9.64. The van der Waals surface area contributed by atoms with Gasteiger partial charge in [0.25, 0.3) is 0 Å². The first-order valence-corrected chi connectivity index (χ1v) is 8.23. The molecule has 1 aliphatic rings. The Hall–Kier alpha value is -0.250. The molecule has 1 aromatic rings. The van der Waals surface area contributed by atoms with E-state index in [1.807, 2.05) is 13.0 Å². The Bertz CT molecular complexity index is 392. The predicted molar refractivity (Wildman–Crippen MR) is 90.9 cm³/mol. The average molecular weight is 363 g/mol. The number of benzene rings is 1. The standard InChI is InChI=1S/C16H24BrNO.ClH/c1-2-19-16-10-9-14(17)11-13(16)12-18-15-7-5-3-4-6-8-15;/h9-11,15,18H,2-8,12H2,1H3;1H. The largest absolute Gasteiger partial charge is 0.494 e. The fraction of sp³-hybridized carbons (Fsp3) is 0.625. The number of nitrogens with one attached hydrogen (secondary N) is 1. The van der Waals surface area contributed by atoms with Gasteiger partial charge in [-0.2, -0.15) is 0 Å². The Morgan fingerprint density at radius 3 is 2.55 bits per heavy atom. The zero-order chi connectivity index (χ0) is 13.5. The minimum atomic E-state index is 0. The molecule has 1 saturated carbocycles. The summed E-state index contributed by atoms with van der Waals surface area (Å²) >= 11 is 3.54. The van der Waals surface area contributed by atoms with E-state index in [9.17, 15) is 0 Å². The van der Waals surface area contributed by atoms with Gasteiger partial charge in [0.05, 0.1) is 6.61 Å². The normalized spacial score (nSPS) is 16.3. The van der Waals surface area contributed by atoms with Gasteiger partial charge in [0.1, 0.15) is 5.75 Å². The van der Waals surface area contributed by atoms with Gasteiger partial charge in [-0.15, -0.1) is 12.4 Å². The lowest BCUT2D eigenvalue weighted by atomic mass is 10.1. The van der Waals surface area contributed by atoms with E-state index in [0.29, 0.717) is 6.04 Å². The van der Waals surface area contributed by atoms with Crippen molar-refractivity contribution in [3.8, 4) is 5.75 Å². The summed E-state index contributed by atoms with van der Waals surface area (Å²) in [5.74, 6) is 1.01. The molecule has 0 amide bonds. The molecule has 0 radical (unpaired) electrons. The zero-order valence-corrected chi connectivity index (χ0v) is 14.6. The topological polar surface area (TPSA) is 21.3 Å². The van der Waals surface area contributed by atoms with Gasteiger partial charge in [-0.25, -0.2) is 0 Å². The van der Waals surface area contributed by atoms with Crippen molar-refractivity contribution in [3.63, 3.8) is 0 Å². The van der Waals surface area contributed by atoms with E-state index >= 15 is 0 Å². The summed E-state index contributed by atoms with van der Waals surface area (Å²) in [7, 11) is 0. The van der Waals surface area contributed by atoms with E-state index in [4.69, 9.17) is 4.74 Å². The van der Waals surface area contributed by atoms with Crippen molar-refractivity contribution >= 4 is 28.3 Å². The number of halogens is 2. The molecule has 0 atom stereocenters. The van der Waals surface area contributed by atoms with Crippen molar-refractivity contribution in [2.75, 3.05) is 6.61 Å². The van der Waals surface area contributed by atoms with Crippen molar-refractivity contribution in [3.05, 3.63) is 28.2 Å². The highest BCUT2D eigenvalue weighted by molar-refractivity contribution is 9.10. The van der Waals surface area contributed by atoms with E-state index < -0.39 is 0 Å². The van der Waals surface area contributed by atoms with Gasteiger partial charge in [0.2, 0.25) is 0 Å². The molecule has 1 N–H and O–H groups in total. The molecule has 4 heteroatoms. The Morgan fingerprint density at radius 1 is 1.20 bits per heavy atom. The van der Waals surface area contributed by atoms with Gasteiger partial charge in [0.15, 0.2) is 0 Å². The highest BCUT2D eigenvalue weighted by atomic mass is 79.9. The summed E-state index contributed by atoms with van der Waals surface area (Å²) in [5, 5.41) is 3.70. The second-order valence-corrected chi connectivity index (χ2v) is 6.17. The first kappa shape index (κ1) is 17.8. The molecular weight excluding hydrogens is 338 g/mol. The number of hydrogen-bond acceptors (Lipinski definition) is 2. The lowest BCUT2D eigenvalue weighted by molar-refractivity contribution is 0.333. The van der Waals surface area contributed by atoms with Crippen molar-refractivity contribution in [2.45, 2.75) is 58.0 Å². The molecule has 1 aliphatic carbocycles. The van der Waals surface area contributed by atoms with Gasteiger partial charge >= 0.3 is 0 Å². The fourth-order valence-corrected chi connectivity index (χ4v) is 3.13. The van der Waals surface area contributed by atoms with Crippen LogP contribution in [0.4, 0.5) is 0 Å². The molecule has 0 aromatic heterocycles. The first-order chi connectivity index (χ1) is 9.29. The lowest BCUT2D eigenvalue weighted by Crippen LogP contribution is -2.28. The maximum atomic E-state index is 5.70. The third-order valence-electron chi connectivity index (χ3n) is 3.76. The monoisotopic (exact) mass is 361 g/mol. The van der Waals surface area contributed by atoms with Crippen molar-refractivity contribution in [1.29, 1.82) is 0 Å². The summed E-state index contributed by atoms with van der Waals surface area (Å²) in [6.07, 6.45) is 8.18. The number of rotatable bonds is 5. The first-order valence-electron chi connectivity index (χ1n) is 7.44. The van der Waals surface area contributed by atoms with E-state index in [1.165, 1.54) is 44.1 Å². The quantitative estimate of drug-likeness (QED) is 0.737. The van der Waals surface area contributed by atoms with Crippen LogP contribution in [0.2, 0.25) is 0 Å². The van der Waals surface area contributed by atoms with E-state index in [0.717, 1.165) is 23.4 Å². The Morgan fingerprint density at radius 2 is 1.90 bits per heavy atom. The van der Waals surface area contributed by atoms with Crippen LogP contribution in [0.5, 0.6) is 5.75 Å². The Labute approximate surface area is 137 Å². The van der Waals surface area contributed by atoms with Crippen LogP contribution in [-0.2, 0) is 6.54 Å². The summed E-state index contributed by atoms with van der Waals surface area (Å²) < 4.78 is 6.81. The van der Waals surface area contributed by atoms with E-state index in [-0.39, 0.29) is 12.4 Å². The van der Waals surface area contributed by atoms with Crippen LogP contribution < -0.4 is 10.1 Å². The maximum Gasteiger partial charge on any atom is 0.123 e. The van der Waals surface area contributed by atoms with Gasteiger partial charge < -0.3 is 10.1 Å². The number of hydrogen-bond donors (Lipinski definition) is 1. The lowest BCUT2D eigenvalue weighted by Gasteiger charge is -2.18. The molecule has 0 aliphatic heterocycles. The van der Waals surface area contributed by atoms with Crippen LogP contribution in [0.15, 0.2) is 22.7 Å². The highest BCUT2D eigenvalue weighted by Gasteiger charge is 2.12. The van der Waals surface area contributed by atoms with Crippen molar-refractivity contribution in [2.24, 2.45) is 0 Å². The summed E-state index contributed by atoms with van der Waals surface area (Å²) in [5.41, 5.74) is 1.25. The zero-order valence-electron chi connectivity index (χ0n) is 12.2. The van der Waals surface area contributed by atoms with E-state index in [1.54, 1.807) is 0 Å². The number of ether oxygens (including phenoxy) is 1. The molecule has 0 heterocycles. The molecule has 0 bridgehead atoms. The van der Waals surface area contributed by atoms with Crippen LogP contribution in [0.3, 0.4) is 0 Å². The molecule has 2 nitrogen and oxygen atoms in total. The molecule has 0 unspecified atom stereocenters. The molecule has 2 rings (SSSR count). The molecule has 1 aromatic carbocycles. The molecular formula is C16H25BrClNO. The summed E-state index contributed by atoms with van der Waals surface area (Å²) in [6, 6.07) is 6.93. The minimum Gasteiger partial charge on any atom is -0.494 e. The van der Waals surface area contributed by atoms with Gasteiger partial charge in [-0.05, 0) is 38.0 Å². The molecule has 0 spiro atoms. The molecule has 114 valence electrons. The van der Waals surface area contributed by atoms with Crippen LogP contribution in [0, 0.1) is 0 Å². The summed E-state index contributed by atoms with van der Waals surface area (Å²) in [6.45, 7) is 3.65. The third-order valence-corrected chi connectivity index (χ3v) is 4.25. The predicted octanol–water partition coefficient (Wildman–Crippen LogP) is 5.08. The third kappa shape index (κ3) is 5.63. The second-order valence-electron chi connectivity index (χ2n) is 5.25.